The summed E-state index contributed by atoms with van der Waals surface area (Å²) in [5.74, 6) is -0.261. The Morgan fingerprint density at radius 3 is 1.71 bits per heavy atom. The van der Waals surface area contributed by atoms with Gasteiger partial charge in [-0.1, -0.05) is 102 Å². The van der Waals surface area contributed by atoms with E-state index in [0.29, 0.717) is 6.61 Å². The Labute approximate surface area is 150 Å². The van der Waals surface area contributed by atoms with Crippen LogP contribution in [-0.2, 0) is 9.53 Å². The van der Waals surface area contributed by atoms with Gasteiger partial charge in [-0.15, -0.1) is 0 Å². The first-order chi connectivity index (χ1) is 11.8. The van der Waals surface area contributed by atoms with Crippen LogP contribution in [0.25, 0.3) is 0 Å². The third-order valence-corrected chi connectivity index (χ3v) is 4.24. The van der Waals surface area contributed by atoms with E-state index in [4.69, 9.17) is 4.74 Å². The van der Waals surface area contributed by atoms with Crippen LogP contribution in [0.4, 0.5) is 0 Å². The van der Waals surface area contributed by atoms with Gasteiger partial charge in [0.15, 0.2) is 0 Å². The molecule has 2 heteroatoms. The highest BCUT2D eigenvalue weighted by Gasteiger charge is 1.93. The van der Waals surface area contributed by atoms with Crippen molar-refractivity contribution in [1.29, 1.82) is 0 Å². The number of hydrogen-bond donors (Lipinski definition) is 0. The summed E-state index contributed by atoms with van der Waals surface area (Å²) in [5, 5.41) is 0. The topological polar surface area (TPSA) is 26.3 Å². The number of ether oxygens (including phenoxy) is 1. The summed E-state index contributed by atoms with van der Waals surface area (Å²) < 4.78 is 4.81. The molecule has 140 valence electrons. The van der Waals surface area contributed by atoms with Crippen LogP contribution in [-0.4, -0.2) is 12.6 Å². The fourth-order valence-corrected chi connectivity index (χ4v) is 2.78. The molecule has 0 aliphatic rings. The first-order valence-electron chi connectivity index (χ1n) is 10.3. The van der Waals surface area contributed by atoms with Gasteiger partial charge < -0.3 is 4.74 Å². The van der Waals surface area contributed by atoms with Crippen LogP contribution in [0.3, 0.4) is 0 Å². The lowest BCUT2D eigenvalue weighted by Crippen LogP contribution is -1.98. The average molecular weight is 337 g/mol. The Bertz CT molecular complexity index is 318. The van der Waals surface area contributed by atoms with Crippen LogP contribution in [0.1, 0.15) is 104 Å². The molecule has 0 bridgehead atoms. The lowest BCUT2D eigenvalue weighted by molar-refractivity contribution is -0.137. The Balaban J connectivity index is 3.18. The van der Waals surface area contributed by atoms with E-state index < -0.39 is 0 Å². The maximum absolute atomic E-state index is 11.1. The minimum Gasteiger partial charge on any atom is -0.463 e. The highest BCUT2D eigenvalue weighted by Crippen LogP contribution is 2.12. The monoisotopic (exact) mass is 336 g/mol. The molecule has 0 N–H and O–H groups in total. The smallest absolute Gasteiger partial charge is 0.330 e. The molecule has 0 amide bonds. The quantitative estimate of drug-likeness (QED) is 0.122. The van der Waals surface area contributed by atoms with Crippen LogP contribution in [0, 0.1) is 0 Å². The molecule has 0 atom stereocenters. The van der Waals surface area contributed by atoms with Gasteiger partial charge in [-0.3, -0.25) is 0 Å². The van der Waals surface area contributed by atoms with Crippen LogP contribution >= 0.6 is 0 Å². The number of carbonyl (C=O) groups excluding carboxylic acids is 1. The predicted molar refractivity (Wildman–Crippen MR) is 105 cm³/mol. The number of carbonyl (C=O) groups is 1. The number of unbranched alkanes of at least 4 members (excludes halogenated alkanes) is 13. The zero-order valence-corrected chi connectivity index (χ0v) is 16.2. The summed E-state index contributed by atoms with van der Waals surface area (Å²) in [7, 11) is 0. The Morgan fingerprint density at radius 2 is 1.21 bits per heavy atom. The van der Waals surface area contributed by atoms with Gasteiger partial charge in [0.2, 0.25) is 0 Å². The van der Waals surface area contributed by atoms with Crippen molar-refractivity contribution < 1.29 is 9.53 Å². The van der Waals surface area contributed by atoms with E-state index in [1.165, 1.54) is 89.5 Å². The molecule has 0 aliphatic heterocycles. The van der Waals surface area contributed by atoms with Gasteiger partial charge in [-0.05, 0) is 19.8 Å². The number of esters is 1. The minimum absolute atomic E-state index is 0.261. The summed E-state index contributed by atoms with van der Waals surface area (Å²) in [4.78, 5) is 11.1. The molecule has 0 spiro atoms. The molecule has 0 saturated heterocycles. The molecule has 24 heavy (non-hydrogen) atoms. The van der Waals surface area contributed by atoms with Crippen LogP contribution in [0.5, 0.6) is 0 Å². The van der Waals surface area contributed by atoms with Gasteiger partial charge in [0.25, 0.3) is 0 Å². The van der Waals surface area contributed by atoms with Gasteiger partial charge in [0.1, 0.15) is 0 Å². The second kappa shape index (κ2) is 20.0. The van der Waals surface area contributed by atoms with E-state index in [1.807, 2.05) is 13.0 Å². The van der Waals surface area contributed by atoms with Gasteiger partial charge >= 0.3 is 5.97 Å². The number of rotatable bonds is 17. The van der Waals surface area contributed by atoms with E-state index in [2.05, 4.69) is 13.0 Å². The maximum atomic E-state index is 11.1. The van der Waals surface area contributed by atoms with Crippen molar-refractivity contribution in [2.75, 3.05) is 6.61 Å². The average Bonchev–Trinajstić information content (AvgIpc) is 2.58. The number of allylic oxidation sites excluding steroid dienone is 3. The van der Waals surface area contributed by atoms with Crippen molar-refractivity contribution in [3.8, 4) is 0 Å². The van der Waals surface area contributed by atoms with Gasteiger partial charge in [-0.2, -0.15) is 0 Å². The number of hydrogen-bond acceptors (Lipinski definition) is 2. The summed E-state index contributed by atoms with van der Waals surface area (Å²) in [6.45, 7) is 4.53. The van der Waals surface area contributed by atoms with Crippen molar-refractivity contribution >= 4 is 5.97 Å². The molecule has 0 aromatic carbocycles. The molecule has 0 heterocycles. The van der Waals surface area contributed by atoms with E-state index in [9.17, 15) is 4.79 Å². The van der Waals surface area contributed by atoms with Crippen LogP contribution in [0.15, 0.2) is 24.3 Å². The lowest BCUT2D eigenvalue weighted by Gasteiger charge is -2.02. The third kappa shape index (κ3) is 19.0. The van der Waals surface area contributed by atoms with E-state index in [-0.39, 0.29) is 5.97 Å². The highest BCUT2D eigenvalue weighted by atomic mass is 16.5. The first kappa shape index (κ1) is 22.9. The maximum Gasteiger partial charge on any atom is 0.330 e. The molecule has 0 saturated carbocycles. The van der Waals surface area contributed by atoms with E-state index in [1.54, 1.807) is 6.08 Å². The molecule has 0 unspecified atom stereocenters. The third-order valence-electron chi connectivity index (χ3n) is 4.24. The molecular weight excluding hydrogens is 296 g/mol. The first-order valence-corrected chi connectivity index (χ1v) is 10.3. The van der Waals surface area contributed by atoms with Crippen molar-refractivity contribution in [3.05, 3.63) is 24.3 Å². The fourth-order valence-electron chi connectivity index (χ4n) is 2.78. The molecule has 2 nitrogen and oxygen atoms in total. The Morgan fingerprint density at radius 1 is 0.708 bits per heavy atom. The van der Waals surface area contributed by atoms with E-state index in [0.717, 1.165) is 6.42 Å². The van der Waals surface area contributed by atoms with Gasteiger partial charge in [-0.25, -0.2) is 4.79 Å². The Kier molecular flexibility index (Phi) is 19.1. The largest absolute Gasteiger partial charge is 0.463 e. The molecule has 0 rings (SSSR count). The van der Waals surface area contributed by atoms with Crippen molar-refractivity contribution in [2.24, 2.45) is 0 Å². The Hall–Kier alpha value is -1.05. The standard InChI is InChI=1S/C22H40O2/c1-3-5-6-7-8-9-10-11-12-13-14-15-16-17-18-19-20-21-22(23)24-4-2/h18-21H,3-17H2,1-2H3. The summed E-state index contributed by atoms with van der Waals surface area (Å²) in [6.07, 6.45) is 26.5. The molecule has 0 fully saturated rings. The highest BCUT2D eigenvalue weighted by molar-refractivity contribution is 5.82. The molecule has 0 aliphatic carbocycles. The predicted octanol–water partition coefficient (Wildman–Crippen LogP) is 7.14. The van der Waals surface area contributed by atoms with Crippen LogP contribution in [0.2, 0.25) is 0 Å². The van der Waals surface area contributed by atoms with Crippen molar-refractivity contribution in [1.82, 2.24) is 0 Å². The summed E-state index contributed by atoms with van der Waals surface area (Å²) >= 11 is 0. The SMILES string of the molecule is CCCCCCCCCCCCCCCC=CC=CC(=O)OCC. The summed E-state index contributed by atoms with van der Waals surface area (Å²) in [6, 6.07) is 0. The second-order valence-electron chi connectivity index (χ2n) is 6.57. The van der Waals surface area contributed by atoms with Gasteiger partial charge in [0.05, 0.1) is 6.61 Å². The molecule has 0 aromatic rings. The fraction of sp³-hybridized carbons (Fsp3) is 0.773. The van der Waals surface area contributed by atoms with Crippen molar-refractivity contribution in [2.45, 2.75) is 104 Å². The second-order valence-corrected chi connectivity index (χ2v) is 6.57. The minimum atomic E-state index is -0.261. The van der Waals surface area contributed by atoms with Crippen LogP contribution < -0.4 is 0 Å². The van der Waals surface area contributed by atoms with Gasteiger partial charge in [0, 0.05) is 6.08 Å². The zero-order chi connectivity index (χ0) is 17.7. The van der Waals surface area contributed by atoms with Crippen molar-refractivity contribution in [3.63, 3.8) is 0 Å². The van der Waals surface area contributed by atoms with E-state index >= 15 is 0 Å². The molecular formula is C22H40O2. The summed E-state index contributed by atoms with van der Waals surface area (Å²) in [5.41, 5.74) is 0. The molecule has 0 radical (unpaired) electrons. The molecule has 0 aromatic heterocycles. The lowest BCUT2D eigenvalue weighted by atomic mass is 10.0. The normalized spacial score (nSPS) is 11.6. The zero-order valence-electron chi connectivity index (χ0n) is 16.2.